The van der Waals surface area contributed by atoms with Crippen molar-refractivity contribution in [2.24, 2.45) is 5.73 Å². The molecule has 0 bridgehead atoms. The average Bonchev–Trinajstić information content (AvgIpc) is 3.37. The highest BCUT2D eigenvalue weighted by atomic mass is 16.5. The Morgan fingerprint density at radius 2 is 1.88 bits per heavy atom. The fourth-order valence-electron chi connectivity index (χ4n) is 3.86. The Labute approximate surface area is 147 Å². The summed E-state index contributed by atoms with van der Waals surface area (Å²) in [6.07, 6.45) is 9.00. The molecule has 0 saturated heterocycles. The Kier molecular flexibility index (Phi) is 4.37. The molecule has 2 aliphatic rings. The summed E-state index contributed by atoms with van der Waals surface area (Å²) in [6, 6.07) is 5.74. The van der Waals surface area contributed by atoms with Crippen LogP contribution in [0.5, 0.6) is 11.5 Å². The number of methoxy groups -OCH3 is 1. The van der Waals surface area contributed by atoms with Gasteiger partial charge in [-0.3, -0.25) is 0 Å². The van der Waals surface area contributed by atoms with Crippen LogP contribution < -0.4 is 15.2 Å². The largest absolute Gasteiger partial charge is 0.493 e. The highest BCUT2D eigenvalue weighted by Crippen LogP contribution is 2.37. The van der Waals surface area contributed by atoms with Gasteiger partial charge in [0.25, 0.3) is 5.89 Å². The van der Waals surface area contributed by atoms with Crippen molar-refractivity contribution in [3.63, 3.8) is 0 Å². The summed E-state index contributed by atoms with van der Waals surface area (Å²) in [6.45, 7) is 0. The van der Waals surface area contributed by atoms with E-state index in [0.717, 1.165) is 49.8 Å². The molecule has 0 unspecified atom stereocenters. The summed E-state index contributed by atoms with van der Waals surface area (Å²) in [5.41, 5.74) is 6.78. The van der Waals surface area contributed by atoms with Gasteiger partial charge in [0.1, 0.15) is 0 Å². The van der Waals surface area contributed by atoms with E-state index in [9.17, 15) is 0 Å². The van der Waals surface area contributed by atoms with Crippen molar-refractivity contribution in [2.45, 2.75) is 63.0 Å². The Bertz CT molecular complexity index is 731. The molecule has 0 radical (unpaired) electrons. The number of nitrogens with two attached hydrogens (primary N) is 1. The lowest BCUT2D eigenvalue weighted by Gasteiger charge is -2.17. The van der Waals surface area contributed by atoms with Crippen LogP contribution in [0.2, 0.25) is 0 Å². The Hall–Kier alpha value is -2.08. The molecule has 2 fully saturated rings. The predicted octanol–water partition coefficient (Wildman–Crippen LogP) is 3.79. The molecule has 0 spiro atoms. The Morgan fingerprint density at radius 1 is 1.12 bits per heavy atom. The van der Waals surface area contributed by atoms with Gasteiger partial charge >= 0.3 is 0 Å². The van der Waals surface area contributed by atoms with Crippen molar-refractivity contribution < 1.29 is 14.0 Å². The summed E-state index contributed by atoms with van der Waals surface area (Å²) >= 11 is 0. The number of benzene rings is 1. The minimum atomic E-state index is -0.447. The van der Waals surface area contributed by atoms with Crippen LogP contribution in [-0.4, -0.2) is 23.4 Å². The van der Waals surface area contributed by atoms with E-state index in [1.54, 1.807) is 7.11 Å². The first-order chi connectivity index (χ1) is 12.2. The van der Waals surface area contributed by atoms with Gasteiger partial charge in [0, 0.05) is 5.56 Å². The number of ether oxygens (including phenoxy) is 2. The summed E-state index contributed by atoms with van der Waals surface area (Å²) < 4.78 is 17.0. The molecule has 1 aromatic heterocycles. The molecule has 2 N–H and O–H groups in total. The van der Waals surface area contributed by atoms with Crippen LogP contribution in [0.1, 0.15) is 57.2 Å². The number of nitrogens with zero attached hydrogens (tertiary/aromatic N) is 2. The molecule has 2 aromatic rings. The summed E-state index contributed by atoms with van der Waals surface area (Å²) in [7, 11) is 1.65. The van der Waals surface area contributed by atoms with Crippen LogP contribution in [-0.2, 0) is 5.54 Å². The first-order valence-corrected chi connectivity index (χ1v) is 9.16. The Morgan fingerprint density at radius 3 is 2.60 bits per heavy atom. The van der Waals surface area contributed by atoms with Gasteiger partial charge in [-0.15, -0.1) is 0 Å². The maximum Gasteiger partial charge on any atom is 0.258 e. The standard InChI is InChI=1S/C19H25N3O3/c1-23-16-12-13(8-9-15(16)24-14-6-2-3-7-14)17-21-18(22-25-17)19(20)10-4-5-11-19/h8-9,12,14H,2-7,10-11,20H2,1H3. The molecule has 2 saturated carbocycles. The van der Waals surface area contributed by atoms with Gasteiger partial charge in [0.15, 0.2) is 17.3 Å². The molecule has 6 heteroatoms. The lowest BCUT2D eigenvalue weighted by Crippen LogP contribution is -2.34. The number of rotatable bonds is 5. The van der Waals surface area contributed by atoms with E-state index in [0.29, 0.717) is 17.5 Å². The highest BCUT2D eigenvalue weighted by molar-refractivity contribution is 5.59. The summed E-state index contributed by atoms with van der Waals surface area (Å²) in [4.78, 5) is 4.54. The minimum absolute atomic E-state index is 0.286. The first kappa shape index (κ1) is 16.4. The third-order valence-corrected chi connectivity index (χ3v) is 5.37. The van der Waals surface area contributed by atoms with Crippen molar-refractivity contribution in [2.75, 3.05) is 7.11 Å². The van der Waals surface area contributed by atoms with Crippen LogP contribution in [0, 0.1) is 0 Å². The van der Waals surface area contributed by atoms with Gasteiger partial charge in [-0.1, -0.05) is 18.0 Å². The maximum absolute atomic E-state index is 6.41. The summed E-state index contributed by atoms with van der Waals surface area (Å²) in [5.74, 6) is 2.53. The van der Waals surface area contributed by atoms with E-state index in [4.69, 9.17) is 19.7 Å². The van der Waals surface area contributed by atoms with E-state index in [1.165, 1.54) is 12.8 Å². The van der Waals surface area contributed by atoms with E-state index in [1.807, 2.05) is 18.2 Å². The van der Waals surface area contributed by atoms with Gasteiger partial charge in [-0.25, -0.2) is 0 Å². The second-order valence-corrected chi connectivity index (χ2v) is 7.18. The molecule has 0 amide bonds. The predicted molar refractivity (Wildman–Crippen MR) is 93.5 cm³/mol. The minimum Gasteiger partial charge on any atom is -0.493 e. The molecule has 0 atom stereocenters. The van der Waals surface area contributed by atoms with E-state index in [2.05, 4.69) is 10.1 Å². The van der Waals surface area contributed by atoms with Crippen LogP contribution >= 0.6 is 0 Å². The van der Waals surface area contributed by atoms with Crippen molar-refractivity contribution in [3.05, 3.63) is 24.0 Å². The zero-order valence-electron chi connectivity index (χ0n) is 14.7. The van der Waals surface area contributed by atoms with Gasteiger partial charge in [0.2, 0.25) is 0 Å². The SMILES string of the molecule is COc1cc(-c2nc(C3(N)CCCC3)no2)ccc1OC1CCCC1. The van der Waals surface area contributed by atoms with Crippen molar-refractivity contribution in [1.29, 1.82) is 0 Å². The third kappa shape index (κ3) is 3.23. The Balaban J connectivity index is 1.57. The smallest absolute Gasteiger partial charge is 0.258 e. The van der Waals surface area contributed by atoms with E-state index in [-0.39, 0.29) is 6.10 Å². The average molecular weight is 343 g/mol. The molecule has 0 aliphatic heterocycles. The van der Waals surface area contributed by atoms with Gasteiger partial charge in [-0.05, 0) is 56.7 Å². The van der Waals surface area contributed by atoms with Gasteiger partial charge < -0.3 is 19.7 Å². The zero-order valence-corrected chi connectivity index (χ0v) is 14.7. The monoisotopic (exact) mass is 343 g/mol. The topological polar surface area (TPSA) is 83.4 Å². The normalized spacial score (nSPS) is 20.1. The first-order valence-electron chi connectivity index (χ1n) is 9.16. The quantitative estimate of drug-likeness (QED) is 0.889. The third-order valence-electron chi connectivity index (χ3n) is 5.37. The van der Waals surface area contributed by atoms with E-state index < -0.39 is 5.54 Å². The van der Waals surface area contributed by atoms with Crippen LogP contribution in [0.3, 0.4) is 0 Å². The number of aromatic nitrogens is 2. The lowest BCUT2D eigenvalue weighted by atomic mass is 9.99. The highest BCUT2D eigenvalue weighted by Gasteiger charge is 2.36. The maximum atomic E-state index is 6.41. The van der Waals surface area contributed by atoms with Crippen molar-refractivity contribution in [3.8, 4) is 23.0 Å². The lowest BCUT2D eigenvalue weighted by molar-refractivity contribution is 0.201. The molecular formula is C19H25N3O3. The molecule has 1 heterocycles. The molecule has 1 aromatic carbocycles. The molecule has 4 rings (SSSR count). The van der Waals surface area contributed by atoms with Gasteiger partial charge in [0.05, 0.1) is 18.8 Å². The van der Waals surface area contributed by atoms with Crippen molar-refractivity contribution in [1.82, 2.24) is 10.1 Å². The molecule has 25 heavy (non-hydrogen) atoms. The molecule has 134 valence electrons. The van der Waals surface area contributed by atoms with Crippen LogP contribution in [0.4, 0.5) is 0 Å². The molecular weight excluding hydrogens is 318 g/mol. The van der Waals surface area contributed by atoms with E-state index >= 15 is 0 Å². The molecule has 2 aliphatic carbocycles. The van der Waals surface area contributed by atoms with Gasteiger partial charge in [-0.2, -0.15) is 4.98 Å². The second kappa shape index (κ2) is 6.67. The van der Waals surface area contributed by atoms with Crippen LogP contribution in [0.25, 0.3) is 11.5 Å². The number of hydrogen-bond acceptors (Lipinski definition) is 6. The fraction of sp³-hybridized carbons (Fsp3) is 0.579. The number of hydrogen-bond donors (Lipinski definition) is 1. The zero-order chi connectivity index (χ0) is 17.3. The molecule has 6 nitrogen and oxygen atoms in total. The fourth-order valence-corrected chi connectivity index (χ4v) is 3.86. The second-order valence-electron chi connectivity index (χ2n) is 7.18. The van der Waals surface area contributed by atoms with Crippen LogP contribution in [0.15, 0.2) is 22.7 Å². The summed E-state index contributed by atoms with van der Waals surface area (Å²) in [5, 5.41) is 4.12. The van der Waals surface area contributed by atoms with Crippen molar-refractivity contribution >= 4 is 0 Å².